The molecule has 0 aromatic heterocycles. The highest BCUT2D eigenvalue weighted by molar-refractivity contribution is 5.70. The van der Waals surface area contributed by atoms with Gasteiger partial charge in [0.2, 0.25) is 0 Å². The molecule has 0 fully saturated rings. The lowest BCUT2D eigenvalue weighted by molar-refractivity contribution is -0.163. The van der Waals surface area contributed by atoms with E-state index in [1.54, 1.807) is 0 Å². The fourth-order valence-electron chi connectivity index (χ4n) is 7.64. The van der Waals surface area contributed by atoms with Gasteiger partial charge in [-0.15, -0.1) is 0 Å². The predicted octanol–water partition coefficient (Wildman–Crippen LogP) is 18.7. The van der Waals surface area contributed by atoms with Crippen molar-refractivity contribution in [1.82, 2.24) is 0 Å². The number of carbonyl (C=O) groups excluding carboxylic acids is 2. The van der Waals surface area contributed by atoms with Crippen molar-refractivity contribution in [2.45, 2.75) is 271 Å². The summed E-state index contributed by atoms with van der Waals surface area (Å²) in [5.41, 5.74) is 0. The highest BCUT2D eigenvalue weighted by Gasteiger charge is 2.17. The van der Waals surface area contributed by atoms with Crippen molar-refractivity contribution < 1.29 is 23.8 Å². The number of unbranched alkanes of at least 4 members (excludes halogenated alkanes) is 27. The molecular weight excluding hydrogens is 789 g/mol. The first-order valence-corrected chi connectivity index (χ1v) is 27.5. The lowest BCUT2D eigenvalue weighted by Crippen LogP contribution is -2.30. The number of rotatable bonds is 50. The van der Waals surface area contributed by atoms with Crippen LogP contribution in [0, 0.1) is 0 Å². The van der Waals surface area contributed by atoms with E-state index in [1.165, 1.54) is 141 Å². The highest BCUT2D eigenvalue weighted by atomic mass is 16.6. The molecule has 0 aliphatic rings. The monoisotopic (exact) mass is 893 g/mol. The third-order valence-electron chi connectivity index (χ3n) is 11.7. The Labute approximate surface area is 397 Å². The van der Waals surface area contributed by atoms with Crippen LogP contribution in [0.3, 0.4) is 0 Å². The number of carbonyl (C=O) groups is 2. The Hall–Kier alpha value is -2.66. The van der Waals surface area contributed by atoms with Crippen LogP contribution in [-0.4, -0.2) is 37.9 Å². The lowest BCUT2D eigenvalue weighted by atomic mass is 10.0. The van der Waals surface area contributed by atoms with Crippen molar-refractivity contribution in [2.24, 2.45) is 0 Å². The van der Waals surface area contributed by atoms with E-state index in [-0.39, 0.29) is 25.2 Å². The SMILES string of the molecule is CC/C=C\C/C=C\C/C=C\C/C=C\C/C=C\CCCCCCOCC(COC(=O)CCCCCCCCCCCCCCCCCCC)OC(=O)CCCCCCC/C=C\CCCC. The third-order valence-corrected chi connectivity index (χ3v) is 11.7. The van der Waals surface area contributed by atoms with E-state index in [4.69, 9.17) is 14.2 Å². The molecule has 0 rings (SSSR count). The summed E-state index contributed by atoms with van der Waals surface area (Å²) in [7, 11) is 0. The smallest absolute Gasteiger partial charge is 0.306 e. The molecular formula is C59H104O5. The minimum atomic E-state index is -0.554. The maximum absolute atomic E-state index is 12.8. The Kier molecular flexibility index (Phi) is 52.4. The van der Waals surface area contributed by atoms with Crippen molar-refractivity contribution in [3.05, 3.63) is 72.9 Å². The number of hydrogen-bond donors (Lipinski definition) is 0. The molecule has 370 valence electrons. The number of allylic oxidation sites excluding steroid dienone is 12. The zero-order valence-electron chi connectivity index (χ0n) is 42.5. The molecule has 0 heterocycles. The molecule has 1 unspecified atom stereocenters. The maximum atomic E-state index is 12.8. The minimum absolute atomic E-state index is 0.0720. The van der Waals surface area contributed by atoms with Gasteiger partial charge in [-0.2, -0.15) is 0 Å². The lowest BCUT2D eigenvalue weighted by Gasteiger charge is -2.18. The summed E-state index contributed by atoms with van der Waals surface area (Å²) in [5, 5.41) is 0. The Morgan fingerprint density at radius 3 is 1.19 bits per heavy atom. The van der Waals surface area contributed by atoms with Crippen molar-refractivity contribution >= 4 is 11.9 Å². The van der Waals surface area contributed by atoms with Crippen LogP contribution < -0.4 is 0 Å². The van der Waals surface area contributed by atoms with Gasteiger partial charge in [0.05, 0.1) is 6.61 Å². The molecule has 0 aromatic rings. The number of esters is 2. The molecule has 0 amide bonds. The van der Waals surface area contributed by atoms with E-state index in [0.29, 0.717) is 19.4 Å². The van der Waals surface area contributed by atoms with Gasteiger partial charge in [-0.05, 0) is 83.5 Å². The maximum Gasteiger partial charge on any atom is 0.306 e. The van der Waals surface area contributed by atoms with E-state index < -0.39 is 6.10 Å². The fourth-order valence-corrected chi connectivity index (χ4v) is 7.64. The second-order valence-corrected chi connectivity index (χ2v) is 18.1. The van der Waals surface area contributed by atoms with Crippen LogP contribution >= 0.6 is 0 Å². The van der Waals surface area contributed by atoms with Gasteiger partial charge in [0.1, 0.15) is 6.61 Å². The van der Waals surface area contributed by atoms with Gasteiger partial charge in [-0.25, -0.2) is 0 Å². The van der Waals surface area contributed by atoms with Crippen LogP contribution in [0.1, 0.15) is 265 Å². The topological polar surface area (TPSA) is 61.8 Å². The van der Waals surface area contributed by atoms with Crippen molar-refractivity contribution in [2.75, 3.05) is 19.8 Å². The minimum Gasteiger partial charge on any atom is -0.462 e. The fraction of sp³-hybridized carbons (Fsp3) is 0.763. The molecule has 0 radical (unpaired) electrons. The summed E-state index contributed by atoms with van der Waals surface area (Å²) in [6.45, 7) is 7.64. The van der Waals surface area contributed by atoms with Gasteiger partial charge in [-0.3, -0.25) is 9.59 Å². The number of ether oxygens (including phenoxy) is 3. The van der Waals surface area contributed by atoms with Crippen LogP contribution in [0.4, 0.5) is 0 Å². The van der Waals surface area contributed by atoms with Crippen LogP contribution in [0.2, 0.25) is 0 Å². The standard InChI is InChI=1S/C59H104O5/c1-4-7-10-13-16-19-22-24-26-28-29-30-32-34-36-39-42-45-48-51-54-62-55-57(64-59(61)53-50-47-44-41-37-21-18-15-12-9-6-3)56-63-58(60)52-49-46-43-40-38-35-33-31-27-25-23-20-17-14-11-8-5-2/h7,10,15-16,18-19,24,26,29-30,34,36,57H,4-6,8-9,11-14,17,20-23,25,27-28,31-33,35,37-56H2,1-3H3/b10-7-,18-15-,19-16-,26-24-,30-29-,36-34-. The summed E-state index contributed by atoms with van der Waals surface area (Å²) in [4.78, 5) is 25.4. The average Bonchev–Trinajstić information content (AvgIpc) is 3.30. The Morgan fingerprint density at radius 1 is 0.359 bits per heavy atom. The van der Waals surface area contributed by atoms with Crippen LogP contribution in [0.25, 0.3) is 0 Å². The number of hydrogen-bond acceptors (Lipinski definition) is 5. The third kappa shape index (κ3) is 52.0. The molecule has 1 atom stereocenters. The molecule has 5 nitrogen and oxygen atoms in total. The van der Waals surface area contributed by atoms with E-state index in [1.807, 2.05) is 0 Å². The zero-order chi connectivity index (χ0) is 46.3. The highest BCUT2D eigenvalue weighted by Crippen LogP contribution is 2.15. The first kappa shape index (κ1) is 61.3. The van der Waals surface area contributed by atoms with Crippen molar-refractivity contribution in [3.63, 3.8) is 0 Å². The van der Waals surface area contributed by atoms with Crippen molar-refractivity contribution in [3.8, 4) is 0 Å². The summed E-state index contributed by atoms with van der Waals surface area (Å²) in [6.07, 6.45) is 70.6. The average molecular weight is 893 g/mol. The van der Waals surface area contributed by atoms with Crippen molar-refractivity contribution in [1.29, 1.82) is 0 Å². The first-order chi connectivity index (χ1) is 31.6. The van der Waals surface area contributed by atoms with E-state index in [2.05, 4.69) is 93.7 Å². The van der Waals surface area contributed by atoms with Crippen LogP contribution in [0.5, 0.6) is 0 Å². The Morgan fingerprint density at radius 2 is 0.719 bits per heavy atom. The van der Waals surface area contributed by atoms with Gasteiger partial charge in [0.15, 0.2) is 6.10 Å². The second kappa shape index (κ2) is 54.7. The van der Waals surface area contributed by atoms with Crippen LogP contribution in [-0.2, 0) is 23.8 Å². The van der Waals surface area contributed by atoms with Gasteiger partial charge < -0.3 is 14.2 Å². The normalized spacial score (nSPS) is 12.7. The molecule has 5 heteroatoms. The summed E-state index contributed by atoms with van der Waals surface area (Å²) in [6, 6.07) is 0. The van der Waals surface area contributed by atoms with E-state index >= 15 is 0 Å². The van der Waals surface area contributed by atoms with Gasteiger partial charge in [0, 0.05) is 19.4 Å². The largest absolute Gasteiger partial charge is 0.462 e. The quantitative estimate of drug-likeness (QED) is 0.0346. The molecule has 64 heavy (non-hydrogen) atoms. The Bertz CT molecular complexity index is 1150. The molecule has 0 bridgehead atoms. The molecule has 0 saturated carbocycles. The van der Waals surface area contributed by atoms with Gasteiger partial charge in [-0.1, -0.05) is 241 Å². The summed E-state index contributed by atoms with van der Waals surface area (Å²) < 4.78 is 17.4. The Balaban J connectivity index is 4.26. The van der Waals surface area contributed by atoms with Gasteiger partial charge in [0.25, 0.3) is 0 Å². The summed E-state index contributed by atoms with van der Waals surface area (Å²) in [5.74, 6) is -0.415. The van der Waals surface area contributed by atoms with Crippen LogP contribution in [0.15, 0.2) is 72.9 Å². The summed E-state index contributed by atoms with van der Waals surface area (Å²) >= 11 is 0. The predicted molar refractivity (Wildman–Crippen MR) is 279 cm³/mol. The molecule has 0 N–H and O–H groups in total. The molecule has 0 saturated heterocycles. The molecule has 0 spiro atoms. The van der Waals surface area contributed by atoms with E-state index in [0.717, 1.165) is 89.9 Å². The second-order valence-electron chi connectivity index (χ2n) is 18.1. The van der Waals surface area contributed by atoms with E-state index in [9.17, 15) is 9.59 Å². The first-order valence-electron chi connectivity index (χ1n) is 27.5. The molecule has 0 aromatic carbocycles. The van der Waals surface area contributed by atoms with Gasteiger partial charge >= 0.3 is 11.9 Å². The molecule has 0 aliphatic carbocycles. The zero-order valence-corrected chi connectivity index (χ0v) is 42.5. The molecule has 0 aliphatic heterocycles.